The van der Waals surface area contributed by atoms with Crippen molar-refractivity contribution in [1.82, 2.24) is 4.90 Å². The number of rotatable bonds is 4. The molecule has 0 amide bonds. The average Bonchev–Trinajstić information content (AvgIpc) is 2.95. The van der Waals surface area contributed by atoms with Crippen molar-refractivity contribution in [1.29, 1.82) is 0 Å². The molecular formula is C16H20N2O4. The Bertz CT molecular complexity index is 567. The Morgan fingerprint density at radius 1 is 1.32 bits per heavy atom. The summed E-state index contributed by atoms with van der Waals surface area (Å²) in [5.41, 5.74) is 0.768. The van der Waals surface area contributed by atoms with Gasteiger partial charge in [-0.2, -0.15) is 0 Å². The van der Waals surface area contributed by atoms with Crippen LogP contribution in [-0.2, 0) is 9.47 Å². The second-order valence-corrected chi connectivity index (χ2v) is 5.66. The minimum atomic E-state index is -0.426. The third-order valence-corrected chi connectivity index (χ3v) is 4.10. The van der Waals surface area contributed by atoms with Crippen LogP contribution in [0, 0.1) is 10.1 Å². The molecule has 118 valence electrons. The molecule has 0 N–H and O–H groups in total. The fraction of sp³-hybridized carbons (Fsp3) is 0.500. The van der Waals surface area contributed by atoms with Crippen molar-refractivity contribution in [2.45, 2.75) is 18.6 Å². The Labute approximate surface area is 129 Å². The van der Waals surface area contributed by atoms with Crippen LogP contribution in [0.15, 0.2) is 30.3 Å². The van der Waals surface area contributed by atoms with Gasteiger partial charge in [0, 0.05) is 19.0 Å². The number of para-hydroxylation sites is 1. The molecule has 0 bridgehead atoms. The lowest BCUT2D eigenvalue weighted by Gasteiger charge is -2.38. The first-order valence-corrected chi connectivity index (χ1v) is 7.59. The van der Waals surface area contributed by atoms with Gasteiger partial charge in [-0.1, -0.05) is 24.3 Å². The van der Waals surface area contributed by atoms with E-state index in [1.165, 1.54) is 6.07 Å². The largest absolute Gasteiger partial charge is 0.346 e. The predicted molar refractivity (Wildman–Crippen MR) is 82.4 cm³/mol. The first kappa shape index (κ1) is 15.1. The molecular weight excluding hydrogens is 284 g/mol. The van der Waals surface area contributed by atoms with E-state index in [1.54, 1.807) is 12.1 Å². The second kappa shape index (κ2) is 6.56. The summed E-state index contributed by atoms with van der Waals surface area (Å²) in [5.74, 6) is -0.426. The van der Waals surface area contributed by atoms with Crippen molar-refractivity contribution in [2.75, 3.05) is 32.8 Å². The van der Waals surface area contributed by atoms with Crippen LogP contribution in [0.2, 0.25) is 0 Å². The molecule has 0 unspecified atom stereocenters. The van der Waals surface area contributed by atoms with Crippen molar-refractivity contribution in [3.8, 4) is 0 Å². The highest BCUT2D eigenvalue weighted by molar-refractivity contribution is 5.60. The smallest absolute Gasteiger partial charge is 0.276 e. The van der Waals surface area contributed by atoms with E-state index in [-0.39, 0.29) is 10.6 Å². The third-order valence-electron chi connectivity index (χ3n) is 4.10. The van der Waals surface area contributed by atoms with Gasteiger partial charge in [-0.3, -0.25) is 15.0 Å². The lowest BCUT2D eigenvalue weighted by atomic mass is 10.0. The van der Waals surface area contributed by atoms with E-state index in [9.17, 15) is 10.1 Å². The SMILES string of the molecule is O=[N+]([O-])c1ccccc1/C=C/CN1CCCC2(C1)OCCO2. The molecule has 2 saturated heterocycles. The maximum atomic E-state index is 11.0. The third kappa shape index (κ3) is 3.35. The van der Waals surface area contributed by atoms with Crippen molar-refractivity contribution in [3.63, 3.8) is 0 Å². The molecule has 6 heteroatoms. The molecule has 2 aliphatic rings. The maximum Gasteiger partial charge on any atom is 0.276 e. The summed E-state index contributed by atoms with van der Waals surface area (Å²) in [5, 5.41) is 11.0. The van der Waals surface area contributed by atoms with Gasteiger partial charge in [-0.05, 0) is 19.0 Å². The molecule has 6 nitrogen and oxygen atoms in total. The molecule has 3 rings (SSSR count). The summed E-state index contributed by atoms with van der Waals surface area (Å²) >= 11 is 0. The van der Waals surface area contributed by atoms with Crippen LogP contribution in [0.1, 0.15) is 18.4 Å². The van der Waals surface area contributed by atoms with E-state index in [0.717, 1.165) is 32.5 Å². The molecule has 1 aromatic carbocycles. The number of likely N-dealkylation sites (tertiary alicyclic amines) is 1. The summed E-state index contributed by atoms with van der Waals surface area (Å²) in [7, 11) is 0. The zero-order chi connectivity index (χ0) is 15.4. The first-order valence-electron chi connectivity index (χ1n) is 7.59. The van der Waals surface area contributed by atoms with Gasteiger partial charge >= 0.3 is 0 Å². The number of hydrogen-bond donors (Lipinski definition) is 0. The van der Waals surface area contributed by atoms with Gasteiger partial charge in [0.1, 0.15) is 0 Å². The van der Waals surface area contributed by atoms with Crippen molar-refractivity contribution in [3.05, 3.63) is 46.0 Å². The number of hydrogen-bond acceptors (Lipinski definition) is 5. The molecule has 2 fully saturated rings. The predicted octanol–water partition coefficient (Wildman–Crippen LogP) is 2.45. The summed E-state index contributed by atoms with van der Waals surface area (Å²) in [4.78, 5) is 12.9. The monoisotopic (exact) mass is 304 g/mol. The van der Waals surface area contributed by atoms with Gasteiger partial charge in [0.05, 0.1) is 30.2 Å². The Morgan fingerprint density at radius 3 is 2.86 bits per heavy atom. The molecule has 2 heterocycles. The zero-order valence-corrected chi connectivity index (χ0v) is 12.4. The highest BCUT2D eigenvalue weighted by Gasteiger charge is 2.40. The summed E-state index contributed by atoms with van der Waals surface area (Å²) in [6.07, 6.45) is 5.77. The molecule has 1 spiro atoms. The number of benzene rings is 1. The minimum Gasteiger partial charge on any atom is -0.346 e. The molecule has 1 aromatic rings. The molecule has 0 aromatic heterocycles. The number of ether oxygens (including phenoxy) is 2. The minimum absolute atomic E-state index is 0.135. The average molecular weight is 304 g/mol. The number of nitro benzene ring substituents is 1. The number of piperidine rings is 1. The van der Waals surface area contributed by atoms with Gasteiger partial charge in [-0.25, -0.2) is 0 Å². The van der Waals surface area contributed by atoms with Crippen LogP contribution >= 0.6 is 0 Å². The Balaban J connectivity index is 1.61. The van der Waals surface area contributed by atoms with Gasteiger partial charge in [0.15, 0.2) is 5.79 Å². The van der Waals surface area contributed by atoms with E-state index in [4.69, 9.17) is 9.47 Å². The zero-order valence-electron chi connectivity index (χ0n) is 12.4. The fourth-order valence-electron chi connectivity index (χ4n) is 3.08. The number of nitrogens with zero attached hydrogens (tertiary/aromatic N) is 2. The number of nitro groups is 1. The van der Waals surface area contributed by atoms with E-state index < -0.39 is 5.79 Å². The van der Waals surface area contributed by atoms with Crippen molar-refractivity contribution < 1.29 is 14.4 Å². The van der Waals surface area contributed by atoms with Crippen LogP contribution < -0.4 is 0 Å². The highest BCUT2D eigenvalue weighted by Crippen LogP contribution is 2.30. The van der Waals surface area contributed by atoms with Crippen molar-refractivity contribution >= 4 is 11.8 Å². The van der Waals surface area contributed by atoms with Gasteiger partial charge in [-0.15, -0.1) is 0 Å². The Hall–Kier alpha value is -1.76. The summed E-state index contributed by atoms with van der Waals surface area (Å²) in [6, 6.07) is 6.77. The maximum absolute atomic E-state index is 11.0. The molecule has 0 saturated carbocycles. The fourth-order valence-corrected chi connectivity index (χ4v) is 3.08. The van der Waals surface area contributed by atoms with Crippen LogP contribution in [0.3, 0.4) is 0 Å². The normalized spacial score (nSPS) is 21.6. The molecule has 0 radical (unpaired) electrons. The van der Waals surface area contributed by atoms with E-state index in [2.05, 4.69) is 4.90 Å². The van der Waals surface area contributed by atoms with Crippen LogP contribution in [0.25, 0.3) is 6.08 Å². The second-order valence-electron chi connectivity index (χ2n) is 5.66. The molecule has 22 heavy (non-hydrogen) atoms. The van der Waals surface area contributed by atoms with E-state index >= 15 is 0 Å². The van der Waals surface area contributed by atoms with Gasteiger partial charge < -0.3 is 9.47 Å². The first-order chi connectivity index (χ1) is 10.7. The molecule has 0 atom stereocenters. The highest BCUT2D eigenvalue weighted by atomic mass is 16.7. The Morgan fingerprint density at radius 2 is 2.09 bits per heavy atom. The van der Waals surface area contributed by atoms with E-state index in [0.29, 0.717) is 18.8 Å². The van der Waals surface area contributed by atoms with Crippen LogP contribution in [0.4, 0.5) is 5.69 Å². The molecule has 0 aliphatic carbocycles. The standard InChI is InChI=1S/C16H20N2O4/c19-18(20)15-7-2-1-5-14(15)6-3-9-17-10-4-8-16(13-17)21-11-12-22-16/h1-3,5-7H,4,8-13H2/b6-3+. The lowest BCUT2D eigenvalue weighted by molar-refractivity contribution is -0.385. The molecule has 2 aliphatic heterocycles. The summed E-state index contributed by atoms with van der Waals surface area (Å²) < 4.78 is 11.5. The topological polar surface area (TPSA) is 64.8 Å². The van der Waals surface area contributed by atoms with Crippen LogP contribution in [-0.4, -0.2) is 48.5 Å². The van der Waals surface area contributed by atoms with Gasteiger partial charge in [0.2, 0.25) is 0 Å². The quantitative estimate of drug-likeness (QED) is 0.631. The van der Waals surface area contributed by atoms with Crippen molar-refractivity contribution in [2.24, 2.45) is 0 Å². The van der Waals surface area contributed by atoms with Gasteiger partial charge in [0.25, 0.3) is 5.69 Å². The van der Waals surface area contributed by atoms with Crippen LogP contribution in [0.5, 0.6) is 0 Å². The summed E-state index contributed by atoms with van der Waals surface area (Å²) in [6.45, 7) is 3.82. The lowest BCUT2D eigenvalue weighted by Crippen LogP contribution is -2.48. The van der Waals surface area contributed by atoms with E-state index in [1.807, 2.05) is 18.2 Å². The Kier molecular flexibility index (Phi) is 4.52.